The Morgan fingerprint density at radius 1 is 1.12 bits per heavy atom. The second-order valence-corrected chi connectivity index (χ2v) is 14.0. The van der Waals surface area contributed by atoms with Gasteiger partial charge in [0.2, 0.25) is 11.6 Å². The van der Waals surface area contributed by atoms with E-state index >= 15 is 0 Å². The van der Waals surface area contributed by atoms with Crippen molar-refractivity contribution in [3.05, 3.63) is 34.2 Å². The molecule has 0 radical (unpaired) electrons. The van der Waals surface area contributed by atoms with Gasteiger partial charge in [-0.2, -0.15) is 0 Å². The van der Waals surface area contributed by atoms with E-state index in [0.717, 1.165) is 44.2 Å². The Morgan fingerprint density at radius 3 is 2.50 bits per heavy atom. The van der Waals surface area contributed by atoms with Crippen molar-refractivity contribution < 1.29 is 28.7 Å². The molecule has 6 aliphatic carbocycles. The molecule has 1 N–H and O–H groups in total. The van der Waals surface area contributed by atoms with E-state index in [1.165, 1.54) is 12.7 Å². The number of Topliss-reactive ketones (excluding diaryl/α,β-unsaturated/α-hetero) is 2. The quantitative estimate of drug-likeness (QED) is 0.282. The summed E-state index contributed by atoms with van der Waals surface area (Å²) in [5.41, 5.74) is 2.02. The van der Waals surface area contributed by atoms with Crippen LogP contribution in [0.1, 0.15) is 111 Å². The van der Waals surface area contributed by atoms with E-state index < -0.39 is 28.5 Å². The van der Waals surface area contributed by atoms with Crippen LogP contribution in [0.25, 0.3) is 0 Å². The molecule has 6 aliphatic rings. The second kappa shape index (κ2) is 8.90. The number of hydrogen-bond donors (Lipinski definition) is 1. The largest absolute Gasteiger partial charge is 0.469 e. The maximum absolute atomic E-state index is 14.3. The first-order valence-corrected chi connectivity index (χ1v) is 15.2. The molecule has 1 aromatic rings. The van der Waals surface area contributed by atoms with Crippen LogP contribution in [-0.4, -0.2) is 42.2 Å². The minimum absolute atomic E-state index is 0.0858. The molecule has 3 fully saturated rings. The number of carbonyl (C=O) groups is 4. The zero-order chi connectivity index (χ0) is 28.9. The molecule has 2 bridgehead atoms. The van der Waals surface area contributed by atoms with Crippen molar-refractivity contribution in [2.24, 2.45) is 45.8 Å². The summed E-state index contributed by atoms with van der Waals surface area (Å²) in [6, 6.07) is 0. The third-order valence-corrected chi connectivity index (χ3v) is 12.1. The first-order valence-electron chi connectivity index (χ1n) is 15.2. The number of aromatic nitrogens is 1. The van der Waals surface area contributed by atoms with Gasteiger partial charge in [0.1, 0.15) is 0 Å². The Bertz CT molecular complexity index is 1350. The molecule has 1 aromatic heterocycles. The highest BCUT2D eigenvalue weighted by atomic mass is 16.5. The van der Waals surface area contributed by atoms with E-state index in [2.05, 4.69) is 38.8 Å². The number of ketones is 2. The van der Waals surface area contributed by atoms with Gasteiger partial charge in [0.15, 0.2) is 0 Å². The third kappa shape index (κ3) is 3.24. The summed E-state index contributed by atoms with van der Waals surface area (Å²) in [5, 5.41) is 0. The fourth-order valence-corrected chi connectivity index (χ4v) is 10.7. The van der Waals surface area contributed by atoms with Crippen molar-refractivity contribution in [3.8, 4) is 0 Å². The zero-order valence-corrected chi connectivity index (χ0v) is 24.9. The number of ether oxygens (including phenoxy) is 2. The molecule has 1 spiro atoms. The smallest absolute Gasteiger partial charge is 0.340 e. The fourth-order valence-electron chi connectivity index (χ4n) is 10.7. The number of methoxy groups -OCH3 is 1. The molecule has 0 aromatic carbocycles. The van der Waals surface area contributed by atoms with Crippen molar-refractivity contribution in [3.63, 3.8) is 0 Å². The number of hydrogen-bond acceptors (Lipinski definition) is 6. The fraction of sp³-hybridized carbons (Fsp3) is 0.697. The van der Waals surface area contributed by atoms with Gasteiger partial charge >= 0.3 is 11.9 Å². The molecule has 1 heterocycles. The number of allylic oxidation sites excluding steroid dienone is 2. The number of nitrogens with one attached hydrogen (secondary N) is 1. The lowest BCUT2D eigenvalue weighted by Crippen LogP contribution is -2.66. The minimum Gasteiger partial charge on any atom is -0.469 e. The van der Waals surface area contributed by atoms with Crippen molar-refractivity contribution in [2.45, 2.75) is 86.0 Å². The van der Waals surface area contributed by atoms with Crippen LogP contribution in [-0.2, 0) is 19.1 Å². The topological polar surface area (TPSA) is 103 Å². The van der Waals surface area contributed by atoms with Crippen LogP contribution in [0.2, 0.25) is 0 Å². The minimum atomic E-state index is -0.556. The number of H-pyrrole nitrogens is 1. The molecule has 0 saturated heterocycles. The first kappa shape index (κ1) is 27.5. The third-order valence-electron chi connectivity index (χ3n) is 12.1. The molecule has 0 unspecified atom stereocenters. The summed E-state index contributed by atoms with van der Waals surface area (Å²) < 4.78 is 10.7. The summed E-state index contributed by atoms with van der Waals surface area (Å²) in [4.78, 5) is 57.8. The van der Waals surface area contributed by atoms with Crippen LogP contribution in [0.3, 0.4) is 0 Å². The Kier molecular flexibility index (Phi) is 6.11. The number of carbonyl (C=O) groups excluding carboxylic acids is 4. The predicted molar refractivity (Wildman–Crippen MR) is 149 cm³/mol. The average Bonchev–Trinajstić information content (AvgIpc) is 3.27. The molecule has 8 atom stereocenters. The van der Waals surface area contributed by atoms with Gasteiger partial charge in [-0.25, -0.2) is 4.79 Å². The average molecular weight is 550 g/mol. The Hall–Kier alpha value is -2.70. The van der Waals surface area contributed by atoms with E-state index in [9.17, 15) is 19.2 Å². The van der Waals surface area contributed by atoms with Gasteiger partial charge in [-0.1, -0.05) is 38.8 Å². The van der Waals surface area contributed by atoms with Crippen molar-refractivity contribution in [1.82, 2.24) is 4.98 Å². The van der Waals surface area contributed by atoms with E-state index in [4.69, 9.17) is 9.47 Å². The number of rotatable bonds is 4. The highest BCUT2D eigenvalue weighted by Gasteiger charge is 2.71. The molecule has 7 heteroatoms. The van der Waals surface area contributed by atoms with Gasteiger partial charge in [0, 0.05) is 28.6 Å². The van der Waals surface area contributed by atoms with Crippen molar-refractivity contribution in [1.29, 1.82) is 0 Å². The standard InChI is InChI=1S/C33H43NO6/c1-8-40-29(37)22-17(4)34-26-23-18-14-21-31(5)11-9-12-32(6,30(38)39-7)20(31)10-13-33(21,15-19(18)16(2)3)25(23)28(36)27(35)24(22)26/h15-16,18,20-21,23,25,34H,8-14H2,1-7H3/t18-,20+,21+,23+,25-,31-,32+,33-/m0/s1. The molecule has 7 rings (SSSR count). The van der Waals surface area contributed by atoms with Gasteiger partial charge in [-0.15, -0.1) is 0 Å². The zero-order valence-electron chi connectivity index (χ0n) is 24.9. The lowest BCUT2D eigenvalue weighted by Gasteiger charge is -2.70. The summed E-state index contributed by atoms with van der Waals surface area (Å²) >= 11 is 0. The lowest BCUT2D eigenvalue weighted by molar-refractivity contribution is -0.194. The maximum atomic E-state index is 14.3. The molecular weight excluding hydrogens is 506 g/mol. The first-order chi connectivity index (χ1) is 18.9. The van der Waals surface area contributed by atoms with Gasteiger partial charge < -0.3 is 14.5 Å². The van der Waals surface area contributed by atoms with E-state index in [-0.39, 0.29) is 58.6 Å². The highest BCUT2D eigenvalue weighted by Crippen LogP contribution is 2.75. The molecule has 40 heavy (non-hydrogen) atoms. The van der Waals surface area contributed by atoms with E-state index in [1.54, 1.807) is 13.8 Å². The summed E-state index contributed by atoms with van der Waals surface area (Å²) in [6.45, 7) is 12.6. The number of aromatic amines is 1. The van der Waals surface area contributed by atoms with Gasteiger partial charge in [-0.05, 0) is 82.0 Å². The molecule has 216 valence electrons. The van der Waals surface area contributed by atoms with Crippen LogP contribution < -0.4 is 0 Å². The Morgan fingerprint density at radius 2 is 1.85 bits per heavy atom. The SMILES string of the molecule is CCOC(=O)c1c(C)[nH]c2c1C(=O)C(=O)[C@@H]1[C@H]2[C@H]2C[C@@H]3[C@@]4(C)CCC[C@@](C)(C(=O)OC)[C@@H]4CC[C@@]13C=C2C(C)C. The van der Waals surface area contributed by atoms with Crippen LogP contribution in [0.5, 0.6) is 0 Å². The van der Waals surface area contributed by atoms with Crippen LogP contribution in [0.4, 0.5) is 0 Å². The second-order valence-electron chi connectivity index (χ2n) is 14.0. The summed E-state index contributed by atoms with van der Waals surface area (Å²) in [6.07, 6.45) is 7.70. The normalized spacial score (nSPS) is 39.6. The molecule has 7 nitrogen and oxygen atoms in total. The van der Waals surface area contributed by atoms with Gasteiger partial charge in [0.25, 0.3) is 0 Å². The van der Waals surface area contributed by atoms with E-state index in [1.807, 2.05) is 0 Å². The summed E-state index contributed by atoms with van der Waals surface area (Å²) in [7, 11) is 1.49. The van der Waals surface area contributed by atoms with Crippen LogP contribution >= 0.6 is 0 Å². The molecule has 3 saturated carbocycles. The Labute approximate surface area is 236 Å². The van der Waals surface area contributed by atoms with Crippen molar-refractivity contribution in [2.75, 3.05) is 13.7 Å². The molecule has 0 amide bonds. The number of fused-ring (bicyclic) bond motifs is 2. The Balaban J connectivity index is 1.53. The van der Waals surface area contributed by atoms with Gasteiger partial charge in [0.05, 0.1) is 30.3 Å². The molecule has 0 aliphatic heterocycles. The monoisotopic (exact) mass is 549 g/mol. The molecular formula is C33H43NO6. The van der Waals surface area contributed by atoms with Crippen LogP contribution in [0.15, 0.2) is 11.6 Å². The van der Waals surface area contributed by atoms with Gasteiger partial charge in [-0.3, -0.25) is 14.4 Å². The van der Waals surface area contributed by atoms with E-state index in [0.29, 0.717) is 11.6 Å². The number of esters is 2. The van der Waals surface area contributed by atoms with Crippen LogP contribution in [0, 0.1) is 52.8 Å². The summed E-state index contributed by atoms with van der Waals surface area (Å²) in [5.74, 6) is -1.48. The lowest BCUT2D eigenvalue weighted by atomic mass is 9.33. The number of aryl methyl sites for hydroxylation is 1. The highest BCUT2D eigenvalue weighted by molar-refractivity contribution is 6.47. The predicted octanol–water partition coefficient (Wildman–Crippen LogP) is 5.96. The maximum Gasteiger partial charge on any atom is 0.340 e. The van der Waals surface area contributed by atoms with Crippen molar-refractivity contribution >= 4 is 23.5 Å².